The van der Waals surface area contributed by atoms with Crippen LogP contribution in [-0.4, -0.2) is 129 Å². The van der Waals surface area contributed by atoms with Crippen molar-refractivity contribution < 1.29 is 39.3 Å². The Bertz CT molecular complexity index is 852. The van der Waals surface area contributed by atoms with E-state index in [-0.39, 0.29) is 38.0 Å². The summed E-state index contributed by atoms with van der Waals surface area (Å²) in [6, 6.07) is -0.808. The first-order chi connectivity index (χ1) is 17.0. The van der Waals surface area contributed by atoms with Crippen LogP contribution in [0.1, 0.15) is 45.4 Å². The molecule has 0 spiro atoms. The van der Waals surface area contributed by atoms with Crippen molar-refractivity contribution in [2.75, 3.05) is 52.4 Å². The molecule has 12 heteroatoms. The number of carboxylic acid groups (broad SMARTS) is 3. The van der Waals surface area contributed by atoms with Gasteiger partial charge in [-0.25, -0.2) is 0 Å². The van der Waals surface area contributed by atoms with Gasteiger partial charge in [0.1, 0.15) is 0 Å². The third-order valence-electron chi connectivity index (χ3n) is 7.65. The number of hydrogen-bond donors (Lipinski definition) is 3. The number of carboxylic acids is 3. The van der Waals surface area contributed by atoms with Crippen LogP contribution in [0.5, 0.6) is 0 Å². The highest BCUT2D eigenvalue weighted by atomic mass is 16.4. The molecule has 0 aromatic carbocycles. The van der Waals surface area contributed by atoms with Crippen LogP contribution < -0.4 is 0 Å². The standard InChI is InChI=1S/C24H38N4O8/c1-16-6-8-25(10-16)20(29)12-27(14-22(31)32)18-4-2-3-5-19(18)28(15-23(33)34)13-21(30)26-9-7-17(11-26)24(35)36/h16-19H,2-15H2,1H3,(H,31,32)(H,33,34)(H,35,36). The van der Waals surface area contributed by atoms with E-state index in [0.717, 1.165) is 19.3 Å². The lowest BCUT2D eigenvalue weighted by atomic mass is 9.87. The number of carbonyl (C=O) groups is 5. The van der Waals surface area contributed by atoms with Crippen molar-refractivity contribution in [1.29, 1.82) is 0 Å². The highest BCUT2D eigenvalue weighted by Gasteiger charge is 2.39. The summed E-state index contributed by atoms with van der Waals surface area (Å²) in [7, 11) is 0. The van der Waals surface area contributed by atoms with Gasteiger partial charge in [-0.15, -0.1) is 0 Å². The second-order valence-electron chi connectivity index (χ2n) is 10.4. The predicted octanol–water partition coefficient (Wildman–Crippen LogP) is -0.128. The summed E-state index contributed by atoms with van der Waals surface area (Å²) < 4.78 is 0. The second kappa shape index (κ2) is 12.5. The van der Waals surface area contributed by atoms with E-state index < -0.39 is 42.5 Å². The smallest absolute Gasteiger partial charge is 0.317 e. The summed E-state index contributed by atoms with van der Waals surface area (Å²) in [5, 5.41) is 28.4. The number of carbonyl (C=O) groups excluding carboxylic acids is 2. The summed E-state index contributed by atoms with van der Waals surface area (Å²) in [5.74, 6) is -3.84. The highest BCUT2D eigenvalue weighted by Crippen LogP contribution is 2.28. The molecule has 1 saturated carbocycles. The van der Waals surface area contributed by atoms with Gasteiger partial charge in [-0.3, -0.25) is 33.8 Å². The van der Waals surface area contributed by atoms with Crippen molar-refractivity contribution in [1.82, 2.24) is 19.6 Å². The van der Waals surface area contributed by atoms with E-state index in [9.17, 15) is 39.3 Å². The van der Waals surface area contributed by atoms with Crippen LogP contribution >= 0.6 is 0 Å². The van der Waals surface area contributed by atoms with E-state index in [1.54, 1.807) is 14.7 Å². The molecule has 36 heavy (non-hydrogen) atoms. The summed E-state index contributed by atoms with van der Waals surface area (Å²) in [5.41, 5.74) is 0. The topological polar surface area (TPSA) is 159 Å². The van der Waals surface area contributed by atoms with Gasteiger partial charge < -0.3 is 25.1 Å². The van der Waals surface area contributed by atoms with E-state index in [2.05, 4.69) is 6.92 Å². The monoisotopic (exact) mass is 510 g/mol. The third kappa shape index (κ3) is 7.39. The van der Waals surface area contributed by atoms with Gasteiger partial charge >= 0.3 is 17.9 Å². The van der Waals surface area contributed by atoms with Gasteiger partial charge in [0.2, 0.25) is 11.8 Å². The molecule has 2 amide bonds. The fourth-order valence-corrected chi connectivity index (χ4v) is 5.77. The quantitative estimate of drug-likeness (QED) is 0.342. The average Bonchev–Trinajstić information content (AvgIpc) is 3.47. The molecule has 0 aromatic rings. The van der Waals surface area contributed by atoms with Crippen LogP contribution in [0.3, 0.4) is 0 Å². The minimum Gasteiger partial charge on any atom is -0.481 e. The van der Waals surface area contributed by atoms with Gasteiger partial charge in [-0.1, -0.05) is 19.8 Å². The van der Waals surface area contributed by atoms with E-state index >= 15 is 0 Å². The Morgan fingerprint density at radius 1 is 0.694 bits per heavy atom. The number of rotatable bonds is 11. The summed E-state index contributed by atoms with van der Waals surface area (Å²) in [4.78, 5) is 67.1. The van der Waals surface area contributed by atoms with Gasteiger partial charge in [0.05, 0.1) is 32.1 Å². The second-order valence-corrected chi connectivity index (χ2v) is 10.4. The van der Waals surface area contributed by atoms with E-state index in [1.807, 2.05) is 0 Å². The average molecular weight is 511 g/mol. The molecule has 3 fully saturated rings. The Kier molecular flexibility index (Phi) is 9.66. The maximum Gasteiger partial charge on any atom is 0.317 e. The van der Waals surface area contributed by atoms with Gasteiger partial charge in [-0.2, -0.15) is 0 Å². The number of likely N-dealkylation sites (tertiary alicyclic amines) is 2. The molecule has 0 bridgehead atoms. The van der Waals surface area contributed by atoms with Crippen LogP contribution in [0.15, 0.2) is 0 Å². The van der Waals surface area contributed by atoms with Gasteiger partial charge in [-0.05, 0) is 31.6 Å². The molecular weight excluding hydrogens is 472 g/mol. The Morgan fingerprint density at radius 2 is 1.17 bits per heavy atom. The molecular formula is C24H38N4O8. The lowest BCUT2D eigenvalue weighted by Gasteiger charge is -2.44. The maximum atomic E-state index is 13.0. The summed E-state index contributed by atoms with van der Waals surface area (Å²) >= 11 is 0. The van der Waals surface area contributed by atoms with Crippen LogP contribution in [0.4, 0.5) is 0 Å². The Morgan fingerprint density at radius 3 is 1.56 bits per heavy atom. The van der Waals surface area contributed by atoms with E-state index in [0.29, 0.717) is 44.8 Å². The number of aliphatic carboxylic acids is 3. The Labute approximate surface area is 210 Å². The Hall–Kier alpha value is -2.73. The molecule has 4 atom stereocenters. The van der Waals surface area contributed by atoms with Crippen molar-refractivity contribution >= 4 is 29.7 Å². The van der Waals surface area contributed by atoms with Crippen LogP contribution in [0.25, 0.3) is 0 Å². The molecule has 202 valence electrons. The zero-order valence-corrected chi connectivity index (χ0v) is 20.9. The molecule has 2 saturated heterocycles. The van der Waals surface area contributed by atoms with Crippen LogP contribution in [0, 0.1) is 11.8 Å². The first-order valence-corrected chi connectivity index (χ1v) is 12.7. The summed E-state index contributed by atoms with van der Waals surface area (Å²) in [6.45, 7) is 2.73. The van der Waals surface area contributed by atoms with Crippen molar-refractivity contribution in [3.8, 4) is 0 Å². The highest BCUT2D eigenvalue weighted by molar-refractivity contribution is 5.81. The zero-order valence-electron chi connectivity index (χ0n) is 20.9. The van der Waals surface area contributed by atoms with Crippen molar-refractivity contribution in [2.24, 2.45) is 11.8 Å². The zero-order chi connectivity index (χ0) is 26.4. The maximum absolute atomic E-state index is 13.0. The predicted molar refractivity (Wildman–Crippen MR) is 127 cm³/mol. The van der Waals surface area contributed by atoms with E-state index in [4.69, 9.17) is 0 Å². The number of amides is 2. The minimum atomic E-state index is -1.11. The lowest BCUT2D eigenvalue weighted by molar-refractivity contribution is -0.146. The largest absolute Gasteiger partial charge is 0.481 e. The fraction of sp³-hybridized carbons (Fsp3) is 0.792. The Balaban J connectivity index is 1.76. The van der Waals surface area contributed by atoms with Gasteiger partial charge in [0.25, 0.3) is 0 Å². The van der Waals surface area contributed by atoms with E-state index in [1.165, 1.54) is 4.90 Å². The van der Waals surface area contributed by atoms with Crippen LogP contribution in [-0.2, 0) is 24.0 Å². The number of nitrogens with zero attached hydrogens (tertiary/aromatic N) is 4. The first kappa shape index (κ1) is 27.9. The number of hydrogen-bond acceptors (Lipinski definition) is 7. The minimum absolute atomic E-state index is 0.0680. The molecule has 4 unspecified atom stereocenters. The molecule has 2 aliphatic heterocycles. The van der Waals surface area contributed by atoms with Crippen molar-refractivity contribution in [3.05, 3.63) is 0 Å². The molecule has 3 N–H and O–H groups in total. The molecule has 2 heterocycles. The molecule has 0 radical (unpaired) electrons. The van der Waals surface area contributed by atoms with Gasteiger partial charge in [0.15, 0.2) is 0 Å². The molecule has 1 aliphatic carbocycles. The van der Waals surface area contributed by atoms with Crippen molar-refractivity contribution in [2.45, 2.75) is 57.5 Å². The normalized spacial score (nSPS) is 26.5. The van der Waals surface area contributed by atoms with Crippen LogP contribution in [0.2, 0.25) is 0 Å². The van der Waals surface area contributed by atoms with Gasteiger partial charge in [0, 0.05) is 38.3 Å². The fourth-order valence-electron chi connectivity index (χ4n) is 5.77. The summed E-state index contributed by atoms with van der Waals surface area (Å²) in [6.07, 6.45) is 4.05. The third-order valence-corrected chi connectivity index (χ3v) is 7.65. The molecule has 12 nitrogen and oxygen atoms in total. The molecule has 3 aliphatic rings. The molecule has 0 aromatic heterocycles. The lowest BCUT2D eigenvalue weighted by Crippen LogP contribution is -2.58. The SMILES string of the molecule is CC1CCN(C(=O)CN(CC(=O)O)C2CCCCC2N(CC(=O)O)CC(=O)N2CCC(C(=O)O)C2)C1. The first-order valence-electron chi connectivity index (χ1n) is 12.7. The van der Waals surface area contributed by atoms with Crippen molar-refractivity contribution in [3.63, 3.8) is 0 Å². The molecule has 3 rings (SSSR count).